The first-order chi connectivity index (χ1) is 37.9. The molecule has 19 heteroatoms. The van der Waals surface area contributed by atoms with Gasteiger partial charge < -0.3 is 33.8 Å². The Morgan fingerprint density at radius 2 is 0.582 bits per heavy atom. The molecule has 79 heavy (non-hydrogen) atoms. The molecule has 0 amide bonds. The van der Waals surface area contributed by atoms with E-state index in [0.717, 1.165) is 108 Å². The number of hydrogen-bond donors (Lipinski definition) is 3. The first-order valence-corrected chi connectivity index (χ1v) is 34.5. The highest BCUT2D eigenvalue weighted by atomic mass is 31.2. The number of ether oxygens (including phenoxy) is 4. The van der Waals surface area contributed by atoms with Crippen molar-refractivity contribution >= 4 is 39.5 Å². The second kappa shape index (κ2) is 52.8. The minimum atomic E-state index is -4.94. The third-order valence-electron chi connectivity index (χ3n) is 13.7. The predicted molar refractivity (Wildman–Crippen MR) is 312 cm³/mol. The van der Waals surface area contributed by atoms with E-state index in [-0.39, 0.29) is 25.7 Å². The monoisotopic (exact) mass is 1170 g/mol. The molecule has 0 aliphatic heterocycles. The molecule has 0 heterocycles. The Hall–Kier alpha value is -1.94. The van der Waals surface area contributed by atoms with Crippen LogP contribution >= 0.6 is 15.6 Å². The third-order valence-corrected chi connectivity index (χ3v) is 15.6. The third kappa shape index (κ3) is 55.0. The number of aliphatic hydroxyl groups excluding tert-OH is 1. The molecule has 0 rings (SSSR count). The van der Waals surface area contributed by atoms with Crippen molar-refractivity contribution < 1.29 is 80.2 Å². The van der Waals surface area contributed by atoms with Crippen molar-refractivity contribution in [1.29, 1.82) is 0 Å². The van der Waals surface area contributed by atoms with Crippen LogP contribution in [0.5, 0.6) is 0 Å². The Morgan fingerprint density at radius 3 is 0.861 bits per heavy atom. The predicted octanol–water partition coefficient (Wildman–Crippen LogP) is 16.1. The van der Waals surface area contributed by atoms with Crippen LogP contribution in [0, 0.1) is 11.8 Å². The van der Waals surface area contributed by atoms with Crippen LogP contribution in [0.3, 0.4) is 0 Å². The first-order valence-electron chi connectivity index (χ1n) is 31.5. The van der Waals surface area contributed by atoms with E-state index in [0.29, 0.717) is 25.7 Å². The molecule has 0 aliphatic carbocycles. The summed E-state index contributed by atoms with van der Waals surface area (Å²) in [7, 11) is -9.87. The van der Waals surface area contributed by atoms with Gasteiger partial charge in [0.2, 0.25) is 0 Å². The number of carbonyl (C=O) groups excluding carboxylic acids is 4. The molecule has 5 atom stereocenters. The quantitative estimate of drug-likeness (QED) is 0.0222. The Morgan fingerprint density at radius 1 is 0.342 bits per heavy atom. The lowest BCUT2D eigenvalue weighted by molar-refractivity contribution is -0.161. The number of hydrogen-bond acceptors (Lipinski definition) is 15. The Balaban J connectivity index is 5.19. The maximum Gasteiger partial charge on any atom is 0.472 e. The largest absolute Gasteiger partial charge is 0.472 e. The fourth-order valence-corrected chi connectivity index (χ4v) is 10.4. The number of phosphoric acid groups is 2. The molecule has 0 aromatic carbocycles. The zero-order valence-electron chi connectivity index (χ0n) is 50.7. The van der Waals surface area contributed by atoms with Crippen LogP contribution in [-0.2, 0) is 65.4 Å². The molecule has 0 aromatic heterocycles. The van der Waals surface area contributed by atoms with Crippen LogP contribution in [0.4, 0.5) is 0 Å². The van der Waals surface area contributed by atoms with Gasteiger partial charge in [0.15, 0.2) is 12.2 Å². The van der Waals surface area contributed by atoms with E-state index >= 15 is 0 Å². The summed E-state index contributed by atoms with van der Waals surface area (Å²) in [5.41, 5.74) is 0. The number of carbonyl (C=O) groups is 4. The minimum absolute atomic E-state index is 0.104. The molecule has 0 saturated carbocycles. The van der Waals surface area contributed by atoms with E-state index in [9.17, 15) is 43.2 Å². The molecule has 17 nitrogen and oxygen atoms in total. The Kier molecular flexibility index (Phi) is 51.5. The summed E-state index contributed by atoms with van der Waals surface area (Å²) in [6.45, 7) is 9.31. The maximum atomic E-state index is 12.9. The van der Waals surface area contributed by atoms with Gasteiger partial charge in [0.1, 0.15) is 19.3 Å². The summed E-state index contributed by atoms with van der Waals surface area (Å²) < 4.78 is 67.6. The van der Waals surface area contributed by atoms with Gasteiger partial charge in [-0.05, 0) is 37.5 Å². The zero-order chi connectivity index (χ0) is 58.7. The van der Waals surface area contributed by atoms with Crippen molar-refractivity contribution in [2.24, 2.45) is 11.8 Å². The highest BCUT2D eigenvalue weighted by Gasteiger charge is 2.30. The van der Waals surface area contributed by atoms with Gasteiger partial charge in [-0.1, -0.05) is 241 Å². The summed E-state index contributed by atoms with van der Waals surface area (Å²) in [6.07, 6.45) is 33.8. The van der Waals surface area contributed by atoms with Crippen molar-refractivity contribution in [1.82, 2.24) is 0 Å². The van der Waals surface area contributed by atoms with Crippen molar-refractivity contribution in [3.05, 3.63) is 0 Å². The number of rotatable bonds is 59. The van der Waals surface area contributed by atoms with E-state index in [4.69, 9.17) is 37.0 Å². The lowest BCUT2D eigenvalue weighted by Crippen LogP contribution is -2.30. The van der Waals surface area contributed by atoms with E-state index < -0.39 is 97.5 Å². The smallest absolute Gasteiger partial charge is 0.462 e. The molecular weight excluding hydrogens is 1050 g/mol. The van der Waals surface area contributed by atoms with Crippen LogP contribution in [0.2, 0.25) is 0 Å². The molecule has 0 aromatic rings. The SMILES string of the molecule is CCCCCCCCCCCCCC(=O)O[C@H](COC(=O)CCCCCCC)COP(=O)(O)OC[C@H](O)COP(=O)(O)OC[C@@H](COC(=O)CCCCCCCCCCC(C)C)OC(=O)CCCCCCCCCCCC(C)C. The molecule has 0 saturated heterocycles. The minimum Gasteiger partial charge on any atom is -0.462 e. The van der Waals surface area contributed by atoms with Crippen molar-refractivity contribution in [3.63, 3.8) is 0 Å². The second-order valence-electron chi connectivity index (χ2n) is 22.7. The van der Waals surface area contributed by atoms with Crippen LogP contribution in [-0.4, -0.2) is 96.7 Å². The van der Waals surface area contributed by atoms with E-state index in [1.807, 2.05) is 0 Å². The Labute approximate surface area is 479 Å². The van der Waals surface area contributed by atoms with Crippen LogP contribution in [0.1, 0.15) is 292 Å². The molecule has 0 spiro atoms. The van der Waals surface area contributed by atoms with Gasteiger partial charge in [-0.2, -0.15) is 0 Å². The average molecular weight is 1170 g/mol. The highest BCUT2D eigenvalue weighted by molar-refractivity contribution is 7.47. The van der Waals surface area contributed by atoms with E-state index in [2.05, 4.69) is 41.5 Å². The normalized spacial score (nSPS) is 14.4. The molecule has 3 N–H and O–H groups in total. The summed E-state index contributed by atoms with van der Waals surface area (Å²) in [6, 6.07) is 0. The fourth-order valence-electron chi connectivity index (χ4n) is 8.82. The lowest BCUT2D eigenvalue weighted by Gasteiger charge is -2.21. The van der Waals surface area contributed by atoms with Gasteiger partial charge in [-0.15, -0.1) is 0 Å². The van der Waals surface area contributed by atoms with Crippen LogP contribution in [0.25, 0.3) is 0 Å². The second-order valence-corrected chi connectivity index (χ2v) is 25.6. The van der Waals surface area contributed by atoms with Gasteiger partial charge in [0, 0.05) is 25.7 Å². The topological polar surface area (TPSA) is 237 Å². The molecule has 468 valence electrons. The summed E-state index contributed by atoms with van der Waals surface area (Å²) in [4.78, 5) is 71.8. The average Bonchev–Trinajstić information content (AvgIpc) is 3.40. The number of aliphatic hydroxyl groups is 1. The molecular formula is C60H116O17P2. The highest BCUT2D eigenvalue weighted by Crippen LogP contribution is 2.45. The van der Waals surface area contributed by atoms with Crippen molar-refractivity contribution in [3.8, 4) is 0 Å². The van der Waals surface area contributed by atoms with Gasteiger partial charge in [0.25, 0.3) is 0 Å². The van der Waals surface area contributed by atoms with E-state index in [1.165, 1.54) is 103 Å². The maximum absolute atomic E-state index is 12.9. The zero-order valence-corrected chi connectivity index (χ0v) is 52.4. The number of esters is 4. The van der Waals surface area contributed by atoms with Gasteiger partial charge >= 0.3 is 39.5 Å². The summed E-state index contributed by atoms with van der Waals surface area (Å²) >= 11 is 0. The number of phosphoric ester groups is 2. The van der Waals surface area contributed by atoms with Gasteiger partial charge in [0.05, 0.1) is 26.4 Å². The summed E-state index contributed by atoms with van der Waals surface area (Å²) in [5.74, 6) is -0.688. The van der Waals surface area contributed by atoms with Gasteiger partial charge in [-0.3, -0.25) is 37.3 Å². The molecule has 0 aliphatic rings. The van der Waals surface area contributed by atoms with Crippen molar-refractivity contribution in [2.75, 3.05) is 39.6 Å². The summed E-state index contributed by atoms with van der Waals surface area (Å²) in [5, 5.41) is 10.5. The number of unbranched alkanes of at least 4 members (excludes halogenated alkanes) is 29. The molecule has 0 fully saturated rings. The Bertz CT molecular complexity index is 1560. The first kappa shape index (κ1) is 77.1. The fraction of sp³-hybridized carbons (Fsp3) is 0.933. The van der Waals surface area contributed by atoms with Crippen molar-refractivity contribution in [2.45, 2.75) is 310 Å². The molecule has 2 unspecified atom stereocenters. The van der Waals surface area contributed by atoms with E-state index in [1.54, 1.807) is 0 Å². The molecule has 0 radical (unpaired) electrons. The standard InChI is InChI=1S/C60H116O17P2/c1-7-9-11-13-14-15-16-19-26-32-38-44-59(64)76-55(48-70-57(62)42-36-28-12-10-8-2)50-74-78(66,67)72-46-54(61)47-73-79(68,69)75-51-56(49-71-58(63)43-37-31-25-22-21-24-30-35-41-53(5)6)77-60(65)45-39-33-27-20-17-18-23-29-34-40-52(3)4/h52-56,61H,7-51H2,1-6H3,(H,66,67)(H,68,69)/t54-,55+,56+/m0/s1. The van der Waals surface area contributed by atoms with Gasteiger partial charge in [-0.25, -0.2) is 9.13 Å². The van der Waals surface area contributed by atoms with Crippen LogP contribution < -0.4 is 0 Å². The van der Waals surface area contributed by atoms with Crippen LogP contribution in [0.15, 0.2) is 0 Å². The molecule has 0 bridgehead atoms. The lowest BCUT2D eigenvalue weighted by atomic mass is 10.0.